The number of carbonyl (C=O) groups excluding carboxylic acids is 1. The van der Waals surface area contributed by atoms with Gasteiger partial charge in [0.05, 0.1) is 18.2 Å². The molecule has 1 aromatic carbocycles. The predicted octanol–water partition coefficient (Wildman–Crippen LogP) is 2.54. The summed E-state index contributed by atoms with van der Waals surface area (Å²) in [6.07, 6.45) is 0.851. The minimum atomic E-state index is -0.224. The Labute approximate surface area is 109 Å². The molecule has 1 heterocycles. The normalized spacial score (nSPS) is 15.1. The summed E-state index contributed by atoms with van der Waals surface area (Å²) < 4.78 is 5.30. The molecule has 1 aliphatic rings. The van der Waals surface area contributed by atoms with E-state index in [4.69, 9.17) is 32.8 Å². The van der Waals surface area contributed by atoms with Crippen LogP contribution in [0.25, 0.3) is 0 Å². The van der Waals surface area contributed by atoms with Crippen molar-refractivity contribution >= 4 is 29.1 Å². The van der Waals surface area contributed by atoms with Gasteiger partial charge in [0.1, 0.15) is 5.75 Å². The van der Waals surface area contributed by atoms with Gasteiger partial charge in [-0.3, -0.25) is 9.63 Å². The smallest absolute Gasteiger partial charge is 0.283 e. The molecule has 4 nitrogen and oxygen atoms in total. The van der Waals surface area contributed by atoms with Crippen LogP contribution in [0.15, 0.2) is 18.2 Å². The van der Waals surface area contributed by atoms with Crippen LogP contribution in [0.1, 0.15) is 6.42 Å². The molecule has 0 radical (unpaired) electrons. The molecule has 0 N–H and O–H groups in total. The lowest BCUT2D eigenvalue weighted by molar-refractivity contribution is -0.170. The average molecular weight is 276 g/mol. The van der Waals surface area contributed by atoms with E-state index in [1.807, 2.05) is 0 Å². The Bertz CT molecular complexity index is 419. The van der Waals surface area contributed by atoms with Gasteiger partial charge in [0.2, 0.25) is 0 Å². The number of hydroxylamine groups is 2. The Kier molecular flexibility index (Phi) is 4.10. The quantitative estimate of drug-likeness (QED) is 0.851. The molecule has 0 aliphatic carbocycles. The fourth-order valence-electron chi connectivity index (χ4n) is 1.44. The minimum Gasteiger partial charge on any atom is -0.482 e. The first-order chi connectivity index (χ1) is 8.16. The molecule has 0 spiro atoms. The third kappa shape index (κ3) is 3.25. The Balaban J connectivity index is 1.92. The van der Waals surface area contributed by atoms with E-state index in [9.17, 15) is 4.79 Å². The van der Waals surface area contributed by atoms with E-state index < -0.39 is 0 Å². The molecule has 1 saturated heterocycles. The first-order valence-electron chi connectivity index (χ1n) is 5.18. The van der Waals surface area contributed by atoms with Gasteiger partial charge in [0, 0.05) is 11.1 Å². The number of nitrogens with zero attached hydrogens (tertiary/aromatic N) is 1. The Hall–Kier alpha value is -0.970. The second-order valence-corrected chi connectivity index (χ2v) is 4.39. The van der Waals surface area contributed by atoms with Crippen molar-refractivity contribution in [2.24, 2.45) is 0 Å². The molecule has 92 valence electrons. The third-order valence-corrected chi connectivity index (χ3v) is 2.82. The minimum absolute atomic E-state index is 0.111. The van der Waals surface area contributed by atoms with Crippen LogP contribution in [0, 0.1) is 0 Å². The van der Waals surface area contributed by atoms with Gasteiger partial charge in [0.15, 0.2) is 6.61 Å². The maximum absolute atomic E-state index is 11.6. The van der Waals surface area contributed by atoms with Gasteiger partial charge in [-0.1, -0.05) is 23.2 Å². The van der Waals surface area contributed by atoms with Crippen LogP contribution >= 0.6 is 23.2 Å². The highest BCUT2D eigenvalue weighted by atomic mass is 35.5. The van der Waals surface area contributed by atoms with Gasteiger partial charge in [-0.15, -0.1) is 0 Å². The summed E-state index contributed by atoms with van der Waals surface area (Å²) in [5, 5.41) is 2.23. The number of hydrogen-bond donors (Lipinski definition) is 0. The molecule has 0 unspecified atom stereocenters. The van der Waals surface area contributed by atoms with Crippen molar-refractivity contribution in [1.82, 2.24) is 5.06 Å². The monoisotopic (exact) mass is 275 g/mol. The lowest BCUT2D eigenvalue weighted by Crippen LogP contribution is -2.31. The number of halogens is 2. The van der Waals surface area contributed by atoms with Gasteiger partial charge >= 0.3 is 0 Å². The lowest BCUT2D eigenvalue weighted by Gasteiger charge is -2.14. The van der Waals surface area contributed by atoms with Crippen molar-refractivity contribution in [2.45, 2.75) is 6.42 Å². The van der Waals surface area contributed by atoms with Crippen molar-refractivity contribution in [3.63, 3.8) is 0 Å². The van der Waals surface area contributed by atoms with Crippen LogP contribution in [-0.4, -0.2) is 30.7 Å². The fraction of sp³-hybridized carbons (Fsp3) is 0.364. The third-order valence-electron chi connectivity index (χ3n) is 2.28. The number of benzene rings is 1. The van der Waals surface area contributed by atoms with Gasteiger partial charge in [-0.25, -0.2) is 5.06 Å². The number of carbonyl (C=O) groups is 1. The summed E-state index contributed by atoms with van der Waals surface area (Å²) in [4.78, 5) is 16.7. The van der Waals surface area contributed by atoms with Crippen LogP contribution < -0.4 is 4.74 Å². The van der Waals surface area contributed by atoms with Crippen LogP contribution in [0.3, 0.4) is 0 Å². The Morgan fingerprint density at radius 1 is 1.47 bits per heavy atom. The highest BCUT2D eigenvalue weighted by Crippen LogP contribution is 2.27. The van der Waals surface area contributed by atoms with Crippen LogP contribution in [0.2, 0.25) is 10.0 Å². The van der Waals surface area contributed by atoms with Crippen LogP contribution in [-0.2, 0) is 9.63 Å². The molecule has 17 heavy (non-hydrogen) atoms. The molecular formula is C11H11Cl2NO3. The zero-order valence-electron chi connectivity index (χ0n) is 8.99. The molecular weight excluding hydrogens is 265 g/mol. The average Bonchev–Trinajstić information content (AvgIpc) is 2.83. The molecule has 2 rings (SSSR count). The van der Waals surface area contributed by atoms with Crippen LogP contribution in [0.4, 0.5) is 0 Å². The molecule has 0 saturated carbocycles. The van der Waals surface area contributed by atoms with Crippen molar-refractivity contribution in [2.75, 3.05) is 19.8 Å². The first kappa shape index (κ1) is 12.5. The van der Waals surface area contributed by atoms with Gasteiger partial charge in [-0.05, 0) is 18.6 Å². The molecule has 1 aromatic rings. The lowest BCUT2D eigenvalue weighted by atomic mass is 10.3. The van der Waals surface area contributed by atoms with Crippen molar-refractivity contribution < 1.29 is 14.4 Å². The molecule has 1 fully saturated rings. The summed E-state index contributed by atoms with van der Waals surface area (Å²) in [5.41, 5.74) is 0. The molecule has 0 aromatic heterocycles. The van der Waals surface area contributed by atoms with Crippen molar-refractivity contribution in [3.8, 4) is 5.75 Å². The zero-order valence-corrected chi connectivity index (χ0v) is 10.5. The largest absolute Gasteiger partial charge is 0.482 e. The molecule has 0 atom stereocenters. The summed E-state index contributed by atoms with van der Waals surface area (Å²) in [6, 6.07) is 4.85. The summed E-state index contributed by atoms with van der Waals surface area (Å²) in [7, 11) is 0. The van der Waals surface area contributed by atoms with E-state index in [0.717, 1.165) is 6.42 Å². The number of hydrogen-bond acceptors (Lipinski definition) is 3. The summed E-state index contributed by atoms with van der Waals surface area (Å²) in [5.74, 6) is 0.172. The standard InChI is InChI=1S/C11H11Cl2NO3/c12-8-2-3-9(13)10(6-8)16-7-11(15)14-4-1-5-17-14/h2-3,6H,1,4-5,7H2. The van der Waals surface area contributed by atoms with Crippen LogP contribution in [0.5, 0.6) is 5.75 Å². The SMILES string of the molecule is O=C(COc1cc(Cl)ccc1Cl)N1CCCO1. The van der Waals surface area contributed by atoms with E-state index in [1.165, 1.54) is 5.06 Å². The zero-order chi connectivity index (χ0) is 12.3. The van der Waals surface area contributed by atoms with E-state index in [-0.39, 0.29) is 12.5 Å². The van der Waals surface area contributed by atoms with Gasteiger partial charge < -0.3 is 4.74 Å². The summed E-state index contributed by atoms with van der Waals surface area (Å²) >= 11 is 11.7. The highest BCUT2D eigenvalue weighted by Gasteiger charge is 2.19. The van der Waals surface area contributed by atoms with Crippen molar-refractivity contribution in [3.05, 3.63) is 28.2 Å². The maximum Gasteiger partial charge on any atom is 0.283 e. The Morgan fingerprint density at radius 2 is 2.29 bits per heavy atom. The second-order valence-electron chi connectivity index (χ2n) is 3.55. The van der Waals surface area contributed by atoms with Crippen molar-refractivity contribution in [1.29, 1.82) is 0 Å². The van der Waals surface area contributed by atoms with E-state index in [0.29, 0.717) is 28.9 Å². The molecule has 6 heteroatoms. The van der Waals surface area contributed by atoms with E-state index in [1.54, 1.807) is 18.2 Å². The first-order valence-corrected chi connectivity index (χ1v) is 5.93. The summed E-state index contributed by atoms with van der Waals surface area (Å²) in [6.45, 7) is 1.06. The molecule has 0 bridgehead atoms. The number of ether oxygens (including phenoxy) is 1. The fourth-order valence-corrected chi connectivity index (χ4v) is 1.78. The predicted molar refractivity (Wildman–Crippen MR) is 64.2 cm³/mol. The van der Waals surface area contributed by atoms with Gasteiger partial charge in [-0.2, -0.15) is 0 Å². The Morgan fingerprint density at radius 3 is 3.00 bits per heavy atom. The number of amides is 1. The topological polar surface area (TPSA) is 38.8 Å². The van der Waals surface area contributed by atoms with E-state index >= 15 is 0 Å². The number of rotatable bonds is 3. The molecule has 1 aliphatic heterocycles. The second kappa shape index (κ2) is 5.58. The molecule has 1 amide bonds. The van der Waals surface area contributed by atoms with Gasteiger partial charge in [0.25, 0.3) is 5.91 Å². The highest BCUT2D eigenvalue weighted by molar-refractivity contribution is 6.34. The maximum atomic E-state index is 11.6. The van der Waals surface area contributed by atoms with E-state index in [2.05, 4.69) is 0 Å².